The zero-order chi connectivity index (χ0) is 17.5. The van der Waals surface area contributed by atoms with Crippen molar-refractivity contribution in [2.75, 3.05) is 5.73 Å². The minimum absolute atomic E-state index is 0.0800. The summed E-state index contributed by atoms with van der Waals surface area (Å²) in [6.45, 7) is 1.67. The van der Waals surface area contributed by atoms with Gasteiger partial charge in [0.2, 0.25) is 6.23 Å². The molecule has 1 fully saturated rings. The monoisotopic (exact) mass is 336 g/mol. The molecule has 3 rings (SSSR count). The highest BCUT2D eigenvalue weighted by atomic mass is 19.3. The van der Waals surface area contributed by atoms with Gasteiger partial charge in [0.1, 0.15) is 11.9 Å². The Balaban J connectivity index is 1.95. The number of aromatic nitrogens is 2. The summed E-state index contributed by atoms with van der Waals surface area (Å²) in [5.74, 6) is -4.24. The van der Waals surface area contributed by atoms with Crippen molar-refractivity contribution in [3.05, 3.63) is 58.6 Å². The lowest BCUT2D eigenvalue weighted by Crippen LogP contribution is -2.42. The first-order valence-corrected chi connectivity index (χ1v) is 7.34. The van der Waals surface area contributed by atoms with Crippen LogP contribution in [0.2, 0.25) is 0 Å². The number of aliphatic hydroxyl groups excluding tert-OH is 1. The molecule has 1 aromatic heterocycles. The average molecular weight is 336 g/mol. The lowest BCUT2D eigenvalue weighted by atomic mass is 9.91. The Morgan fingerprint density at radius 2 is 2.08 bits per heavy atom. The highest BCUT2D eigenvalue weighted by Crippen LogP contribution is 2.46. The van der Waals surface area contributed by atoms with Gasteiger partial charge in [0.05, 0.1) is 6.10 Å². The Morgan fingerprint density at radius 3 is 2.71 bits per heavy atom. The van der Waals surface area contributed by atoms with E-state index in [1.54, 1.807) is 31.2 Å². The van der Waals surface area contributed by atoms with E-state index in [1.807, 2.05) is 0 Å². The summed E-state index contributed by atoms with van der Waals surface area (Å²) in [5.41, 5.74) is 5.12. The highest BCUT2D eigenvalue weighted by molar-refractivity contribution is 5.24. The van der Waals surface area contributed by atoms with E-state index in [2.05, 4.69) is 11.1 Å². The lowest BCUT2D eigenvalue weighted by molar-refractivity contribution is -0.140. The summed E-state index contributed by atoms with van der Waals surface area (Å²) in [5, 5.41) is 10.1. The number of ether oxygens (including phenoxy) is 1. The van der Waals surface area contributed by atoms with E-state index >= 15 is 0 Å². The van der Waals surface area contributed by atoms with Gasteiger partial charge in [-0.25, -0.2) is 4.79 Å². The van der Waals surface area contributed by atoms with Crippen LogP contribution in [0.15, 0.2) is 41.3 Å². The van der Waals surface area contributed by atoms with Crippen LogP contribution in [0.5, 0.6) is 0 Å². The molecule has 8 heteroatoms. The number of nitrogen functional groups attached to an aromatic ring is 1. The van der Waals surface area contributed by atoms with Gasteiger partial charge < -0.3 is 15.6 Å². The Bertz CT molecular complexity index is 782. The fourth-order valence-electron chi connectivity index (χ4n) is 2.82. The van der Waals surface area contributed by atoms with E-state index < -0.39 is 36.0 Å². The zero-order valence-corrected chi connectivity index (χ0v) is 12.8. The molecule has 1 radical (unpaired) electrons. The van der Waals surface area contributed by atoms with Gasteiger partial charge in [0.15, 0.2) is 0 Å². The molecule has 127 valence electrons. The van der Waals surface area contributed by atoms with Gasteiger partial charge in [-0.2, -0.15) is 13.8 Å². The third-order valence-electron chi connectivity index (χ3n) is 4.19. The summed E-state index contributed by atoms with van der Waals surface area (Å²) in [4.78, 5) is 15.3. The molecule has 0 bridgehead atoms. The van der Waals surface area contributed by atoms with Crippen molar-refractivity contribution in [3.8, 4) is 0 Å². The summed E-state index contributed by atoms with van der Waals surface area (Å²) in [7, 11) is 0. The SMILES string of the molecule is C[C@H](c1cc[c]cc1)[C@@H]1O[C@@H](n2ccc(N)nc2=O)C(F)(F)[C@@H]1O. The Kier molecular flexibility index (Phi) is 4.10. The van der Waals surface area contributed by atoms with Crippen LogP contribution in [0.25, 0.3) is 0 Å². The van der Waals surface area contributed by atoms with Crippen molar-refractivity contribution in [2.24, 2.45) is 0 Å². The van der Waals surface area contributed by atoms with Crippen LogP contribution in [-0.2, 0) is 4.74 Å². The number of hydrogen-bond acceptors (Lipinski definition) is 5. The molecule has 0 amide bonds. The van der Waals surface area contributed by atoms with Crippen LogP contribution in [0.1, 0.15) is 24.6 Å². The average Bonchev–Trinajstić information content (AvgIpc) is 2.79. The van der Waals surface area contributed by atoms with E-state index in [9.17, 15) is 18.7 Å². The van der Waals surface area contributed by atoms with Gasteiger partial charge in [0.25, 0.3) is 0 Å². The molecule has 0 unspecified atom stereocenters. The molecule has 1 aliphatic rings. The van der Waals surface area contributed by atoms with Crippen molar-refractivity contribution in [1.29, 1.82) is 0 Å². The minimum Gasteiger partial charge on any atom is -0.384 e. The van der Waals surface area contributed by atoms with Crippen LogP contribution in [0, 0.1) is 6.07 Å². The molecule has 3 N–H and O–H groups in total. The number of rotatable bonds is 3. The molecule has 1 aromatic carbocycles. The quantitative estimate of drug-likeness (QED) is 0.882. The molecule has 1 saturated heterocycles. The first-order valence-electron chi connectivity index (χ1n) is 7.34. The highest BCUT2D eigenvalue weighted by Gasteiger charge is 2.60. The molecule has 0 spiro atoms. The molecule has 0 saturated carbocycles. The second-order valence-electron chi connectivity index (χ2n) is 5.74. The van der Waals surface area contributed by atoms with Gasteiger partial charge in [-0.05, 0) is 17.7 Å². The van der Waals surface area contributed by atoms with E-state index in [-0.39, 0.29) is 5.82 Å². The van der Waals surface area contributed by atoms with Gasteiger partial charge >= 0.3 is 11.6 Å². The Hall–Kier alpha value is -2.32. The summed E-state index contributed by atoms with van der Waals surface area (Å²) in [6, 6.07) is 10.8. The molecule has 4 atom stereocenters. The summed E-state index contributed by atoms with van der Waals surface area (Å²) < 4.78 is 35.0. The van der Waals surface area contributed by atoms with E-state index in [1.165, 1.54) is 6.07 Å². The van der Waals surface area contributed by atoms with Crippen LogP contribution in [0.4, 0.5) is 14.6 Å². The van der Waals surface area contributed by atoms with E-state index in [0.717, 1.165) is 11.8 Å². The van der Waals surface area contributed by atoms with Gasteiger partial charge in [-0.3, -0.25) is 4.57 Å². The third kappa shape index (κ3) is 2.67. The number of nitrogens with zero attached hydrogens (tertiary/aromatic N) is 2. The first kappa shape index (κ1) is 16.5. The maximum absolute atomic E-state index is 14.5. The van der Waals surface area contributed by atoms with Gasteiger partial charge in [0, 0.05) is 12.1 Å². The fraction of sp³-hybridized carbons (Fsp3) is 0.375. The molecular formula is C16H16F2N3O3. The van der Waals surface area contributed by atoms with Crippen molar-refractivity contribution in [1.82, 2.24) is 9.55 Å². The third-order valence-corrected chi connectivity index (χ3v) is 4.19. The van der Waals surface area contributed by atoms with Gasteiger partial charge in [-0.15, -0.1) is 0 Å². The van der Waals surface area contributed by atoms with Crippen molar-refractivity contribution in [2.45, 2.75) is 37.2 Å². The number of halogens is 2. The molecule has 6 nitrogen and oxygen atoms in total. The maximum atomic E-state index is 14.5. The smallest absolute Gasteiger partial charge is 0.351 e. The predicted molar refractivity (Wildman–Crippen MR) is 81.5 cm³/mol. The molecule has 2 aromatic rings. The topological polar surface area (TPSA) is 90.4 Å². The summed E-state index contributed by atoms with van der Waals surface area (Å²) in [6.07, 6.45) is -4.11. The second-order valence-corrected chi connectivity index (χ2v) is 5.74. The van der Waals surface area contributed by atoms with E-state index in [4.69, 9.17) is 10.5 Å². The van der Waals surface area contributed by atoms with E-state index in [0.29, 0.717) is 4.57 Å². The Morgan fingerprint density at radius 1 is 1.42 bits per heavy atom. The predicted octanol–water partition coefficient (Wildman–Crippen LogP) is 1.32. The molecule has 2 heterocycles. The standard InChI is InChI=1S/C16H16F2N3O3/c1-9(10-5-3-2-4-6-10)12-13(22)16(17,18)14(24-12)21-8-7-11(19)20-15(21)23/h3-9,12-14,22H,1H3,(H2,19,20,23)/t9-,12+,13-,14-/m1/s1. The zero-order valence-electron chi connectivity index (χ0n) is 12.8. The number of hydrogen-bond donors (Lipinski definition) is 2. The molecular weight excluding hydrogens is 320 g/mol. The maximum Gasteiger partial charge on any atom is 0.351 e. The largest absolute Gasteiger partial charge is 0.384 e. The van der Waals surface area contributed by atoms with Crippen molar-refractivity contribution < 1.29 is 18.6 Å². The fourth-order valence-corrected chi connectivity index (χ4v) is 2.82. The summed E-state index contributed by atoms with van der Waals surface area (Å²) >= 11 is 0. The van der Waals surface area contributed by atoms with Crippen molar-refractivity contribution >= 4 is 5.82 Å². The number of anilines is 1. The van der Waals surface area contributed by atoms with Crippen molar-refractivity contribution in [3.63, 3.8) is 0 Å². The Labute approximate surface area is 136 Å². The number of nitrogens with two attached hydrogens (primary N) is 1. The molecule has 24 heavy (non-hydrogen) atoms. The second kappa shape index (κ2) is 5.95. The van der Waals surface area contributed by atoms with Crippen LogP contribution < -0.4 is 11.4 Å². The number of alkyl halides is 2. The first-order chi connectivity index (χ1) is 11.3. The molecule has 1 aliphatic heterocycles. The molecule has 0 aliphatic carbocycles. The van der Waals surface area contributed by atoms with Crippen LogP contribution in [0.3, 0.4) is 0 Å². The normalized spacial score (nSPS) is 27.1. The van der Waals surface area contributed by atoms with Crippen LogP contribution >= 0.6 is 0 Å². The minimum atomic E-state index is -3.65. The number of benzene rings is 1. The van der Waals surface area contributed by atoms with Gasteiger partial charge in [-0.1, -0.05) is 31.2 Å². The lowest BCUT2D eigenvalue weighted by Gasteiger charge is -2.22. The van der Waals surface area contributed by atoms with Crippen LogP contribution in [-0.4, -0.2) is 32.8 Å². The number of aliphatic hydroxyl groups is 1.